The SMILES string of the molecule is O=C(Nc1cccnc1)[C@H]1C[C@H]2OCC[C@H]2N(C(=O)c2ccsc2)C1.O=C(O)C(F)(F)F. The van der Waals surface area contributed by atoms with Crippen LogP contribution >= 0.6 is 11.3 Å². The number of pyridine rings is 1. The molecule has 2 aromatic heterocycles. The Kier molecular flexibility index (Phi) is 7.46. The summed E-state index contributed by atoms with van der Waals surface area (Å²) in [5.41, 5.74) is 1.35. The maximum atomic E-state index is 12.9. The number of carboxylic acids is 1. The van der Waals surface area contributed by atoms with Gasteiger partial charge >= 0.3 is 12.1 Å². The Morgan fingerprint density at radius 2 is 2.03 bits per heavy atom. The number of nitrogens with zero attached hydrogens (tertiary/aromatic N) is 2. The van der Waals surface area contributed by atoms with Crippen molar-refractivity contribution in [2.45, 2.75) is 31.2 Å². The third-order valence-electron chi connectivity index (χ3n) is 5.08. The molecular weight excluding hydrogens is 451 g/mol. The number of rotatable bonds is 3. The van der Waals surface area contributed by atoms with Crippen LogP contribution in [0.4, 0.5) is 18.9 Å². The second kappa shape index (κ2) is 10.1. The molecule has 3 atom stereocenters. The molecule has 2 saturated heterocycles. The lowest BCUT2D eigenvalue weighted by Gasteiger charge is -2.40. The lowest BCUT2D eigenvalue weighted by atomic mass is 9.89. The minimum Gasteiger partial charge on any atom is -0.475 e. The number of thiophene rings is 1. The van der Waals surface area contributed by atoms with Crippen LogP contribution in [0.3, 0.4) is 0 Å². The van der Waals surface area contributed by atoms with Crippen molar-refractivity contribution in [2.75, 3.05) is 18.5 Å². The molecule has 0 spiro atoms. The van der Waals surface area contributed by atoms with Gasteiger partial charge in [0.15, 0.2) is 0 Å². The topological polar surface area (TPSA) is 109 Å². The van der Waals surface area contributed by atoms with E-state index in [1.807, 2.05) is 21.7 Å². The second-order valence-corrected chi connectivity index (χ2v) is 7.98. The van der Waals surface area contributed by atoms with E-state index in [0.717, 1.165) is 6.42 Å². The summed E-state index contributed by atoms with van der Waals surface area (Å²) in [7, 11) is 0. The first-order chi connectivity index (χ1) is 15.2. The van der Waals surface area contributed by atoms with Gasteiger partial charge in [-0.3, -0.25) is 14.6 Å². The molecule has 0 unspecified atom stereocenters. The van der Waals surface area contributed by atoms with Crippen LogP contribution in [0, 0.1) is 5.92 Å². The highest BCUT2D eigenvalue weighted by Crippen LogP contribution is 2.33. The summed E-state index contributed by atoms with van der Waals surface area (Å²) in [6.45, 7) is 1.06. The van der Waals surface area contributed by atoms with Gasteiger partial charge in [-0.25, -0.2) is 4.79 Å². The standard InChI is InChI=1S/C18H19N3O3S.C2HF3O2/c22-17(20-14-2-1-5-19-9-14)13-8-16-15(3-6-24-16)21(10-13)18(23)12-4-7-25-11-12;3-2(4,5)1(6)7/h1-2,4-5,7,9,11,13,15-16H,3,6,8,10H2,(H,20,22);(H,6,7)/t13-,15+,16+;/m0./s1. The van der Waals surface area contributed by atoms with Gasteiger partial charge in [-0.05, 0) is 36.4 Å². The molecule has 0 aromatic carbocycles. The van der Waals surface area contributed by atoms with Crippen LogP contribution in [0.5, 0.6) is 0 Å². The molecule has 2 fully saturated rings. The maximum Gasteiger partial charge on any atom is 0.490 e. The Labute approximate surface area is 185 Å². The zero-order valence-electron chi connectivity index (χ0n) is 16.6. The van der Waals surface area contributed by atoms with E-state index in [9.17, 15) is 22.8 Å². The van der Waals surface area contributed by atoms with Crippen molar-refractivity contribution in [3.8, 4) is 0 Å². The monoisotopic (exact) mass is 471 g/mol. The molecule has 8 nitrogen and oxygen atoms in total. The Bertz CT molecular complexity index is 940. The average Bonchev–Trinajstić information content (AvgIpc) is 3.45. The quantitative estimate of drug-likeness (QED) is 0.713. The van der Waals surface area contributed by atoms with Crippen molar-refractivity contribution in [1.29, 1.82) is 0 Å². The number of hydrogen-bond acceptors (Lipinski definition) is 6. The molecule has 2 N–H and O–H groups in total. The van der Waals surface area contributed by atoms with E-state index in [1.54, 1.807) is 24.5 Å². The predicted octanol–water partition coefficient (Wildman–Crippen LogP) is 3.03. The summed E-state index contributed by atoms with van der Waals surface area (Å²) < 4.78 is 37.5. The number of aliphatic carboxylic acids is 1. The number of carbonyl (C=O) groups excluding carboxylic acids is 2. The van der Waals surface area contributed by atoms with Crippen LogP contribution in [-0.4, -0.2) is 64.2 Å². The highest BCUT2D eigenvalue weighted by Gasteiger charge is 2.44. The highest BCUT2D eigenvalue weighted by atomic mass is 32.1. The van der Waals surface area contributed by atoms with Gasteiger partial charge in [-0.15, -0.1) is 0 Å². The first-order valence-electron chi connectivity index (χ1n) is 9.62. The number of nitrogens with one attached hydrogen (secondary N) is 1. The number of carbonyl (C=O) groups is 3. The van der Waals surface area contributed by atoms with Crippen molar-refractivity contribution < 1.29 is 37.4 Å². The number of carboxylic acid groups (broad SMARTS) is 1. The minimum absolute atomic E-state index is 0.0133. The highest BCUT2D eigenvalue weighted by molar-refractivity contribution is 7.08. The van der Waals surface area contributed by atoms with Gasteiger partial charge in [0, 0.05) is 24.7 Å². The van der Waals surface area contributed by atoms with Crippen molar-refractivity contribution in [3.63, 3.8) is 0 Å². The minimum atomic E-state index is -5.08. The molecule has 12 heteroatoms. The molecule has 0 aliphatic carbocycles. The van der Waals surface area contributed by atoms with Gasteiger partial charge in [-0.2, -0.15) is 24.5 Å². The first-order valence-corrected chi connectivity index (χ1v) is 10.6. The van der Waals surface area contributed by atoms with E-state index in [4.69, 9.17) is 14.6 Å². The van der Waals surface area contributed by atoms with Gasteiger partial charge in [0.1, 0.15) is 0 Å². The van der Waals surface area contributed by atoms with E-state index in [2.05, 4.69) is 10.3 Å². The molecule has 2 aromatic rings. The normalized spacial score (nSPS) is 22.3. The number of ether oxygens (including phenoxy) is 1. The fourth-order valence-electron chi connectivity index (χ4n) is 3.60. The lowest BCUT2D eigenvalue weighted by molar-refractivity contribution is -0.192. The van der Waals surface area contributed by atoms with Gasteiger partial charge in [-0.1, -0.05) is 0 Å². The fourth-order valence-corrected chi connectivity index (χ4v) is 4.23. The van der Waals surface area contributed by atoms with Gasteiger partial charge in [0.05, 0.1) is 35.5 Å². The van der Waals surface area contributed by atoms with Crippen molar-refractivity contribution in [2.24, 2.45) is 5.92 Å². The molecule has 4 heterocycles. The van der Waals surface area contributed by atoms with Gasteiger partial charge < -0.3 is 20.1 Å². The summed E-state index contributed by atoms with van der Waals surface area (Å²) in [6, 6.07) is 5.47. The smallest absolute Gasteiger partial charge is 0.475 e. The number of anilines is 1. The van der Waals surface area contributed by atoms with Crippen LogP contribution in [0.2, 0.25) is 0 Å². The van der Waals surface area contributed by atoms with E-state index in [1.165, 1.54) is 11.3 Å². The molecule has 4 rings (SSSR count). The van der Waals surface area contributed by atoms with Crippen LogP contribution in [0.15, 0.2) is 41.4 Å². The van der Waals surface area contributed by atoms with Crippen LogP contribution in [0.1, 0.15) is 23.2 Å². The zero-order chi connectivity index (χ0) is 23.3. The number of alkyl halides is 3. The third kappa shape index (κ3) is 5.82. The summed E-state index contributed by atoms with van der Waals surface area (Å²) >= 11 is 1.50. The van der Waals surface area contributed by atoms with Crippen molar-refractivity contribution >= 4 is 34.8 Å². The first kappa shape index (κ1) is 23.7. The van der Waals surface area contributed by atoms with Crippen LogP contribution < -0.4 is 5.32 Å². The Morgan fingerprint density at radius 3 is 2.62 bits per heavy atom. The van der Waals surface area contributed by atoms with Crippen LogP contribution in [-0.2, 0) is 14.3 Å². The lowest BCUT2D eigenvalue weighted by Crippen LogP contribution is -2.54. The Hall–Kier alpha value is -2.99. The molecule has 0 bridgehead atoms. The molecule has 172 valence electrons. The number of aromatic nitrogens is 1. The average molecular weight is 471 g/mol. The largest absolute Gasteiger partial charge is 0.490 e. The number of hydrogen-bond donors (Lipinski definition) is 2. The number of halogens is 3. The molecular formula is C20H20F3N3O5S. The predicted molar refractivity (Wildman–Crippen MR) is 108 cm³/mol. The zero-order valence-corrected chi connectivity index (χ0v) is 17.4. The summed E-state index contributed by atoms with van der Waals surface area (Å²) in [6.07, 6.45) is -0.402. The Morgan fingerprint density at radius 1 is 1.28 bits per heavy atom. The third-order valence-corrected chi connectivity index (χ3v) is 5.76. The molecule has 32 heavy (non-hydrogen) atoms. The summed E-state index contributed by atoms with van der Waals surface area (Å²) in [5.74, 6) is -3.15. The van der Waals surface area contributed by atoms with Gasteiger partial charge in [0.25, 0.3) is 5.91 Å². The van der Waals surface area contributed by atoms with E-state index in [0.29, 0.717) is 30.8 Å². The number of fused-ring (bicyclic) bond motifs is 1. The van der Waals surface area contributed by atoms with Crippen LogP contribution in [0.25, 0.3) is 0 Å². The van der Waals surface area contributed by atoms with Crippen molar-refractivity contribution in [3.05, 3.63) is 46.9 Å². The number of piperidine rings is 1. The molecule has 0 radical (unpaired) electrons. The summed E-state index contributed by atoms with van der Waals surface area (Å²) in [5, 5.41) is 13.8. The molecule has 2 amide bonds. The van der Waals surface area contributed by atoms with Gasteiger partial charge in [0.2, 0.25) is 5.91 Å². The Balaban J connectivity index is 0.000000360. The molecule has 2 aliphatic heterocycles. The number of amides is 2. The summed E-state index contributed by atoms with van der Waals surface area (Å²) in [4.78, 5) is 40.3. The fraction of sp³-hybridized carbons (Fsp3) is 0.400. The molecule has 0 saturated carbocycles. The number of likely N-dealkylation sites (tertiary alicyclic amines) is 1. The van der Waals surface area contributed by atoms with Crippen molar-refractivity contribution in [1.82, 2.24) is 9.88 Å². The van der Waals surface area contributed by atoms with E-state index < -0.39 is 12.1 Å². The van der Waals surface area contributed by atoms with E-state index in [-0.39, 0.29) is 29.9 Å². The maximum absolute atomic E-state index is 12.9. The van der Waals surface area contributed by atoms with E-state index >= 15 is 0 Å². The molecule has 2 aliphatic rings. The second-order valence-electron chi connectivity index (χ2n) is 7.20.